The second-order valence-corrected chi connectivity index (χ2v) is 7.08. The minimum absolute atomic E-state index is 0.433. The van der Waals surface area contributed by atoms with Gasteiger partial charge in [0.25, 0.3) is 0 Å². The first-order chi connectivity index (χ1) is 8.79. The minimum Gasteiger partial charge on any atom is -0.383 e. The molecule has 100 valence electrons. The van der Waals surface area contributed by atoms with E-state index in [-0.39, 0.29) is 0 Å². The van der Waals surface area contributed by atoms with Crippen LogP contribution in [0.25, 0.3) is 0 Å². The van der Waals surface area contributed by atoms with Gasteiger partial charge in [0.1, 0.15) is 0 Å². The van der Waals surface area contributed by atoms with Gasteiger partial charge in [-0.3, -0.25) is 0 Å². The lowest BCUT2D eigenvalue weighted by Gasteiger charge is -2.61. The van der Waals surface area contributed by atoms with Crippen LogP contribution in [0.5, 0.6) is 0 Å². The first-order valence-electron chi connectivity index (χ1n) is 7.02. The quantitative estimate of drug-likeness (QED) is 0.798. The van der Waals surface area contributed by atoms with E-state index in [4.69, 9.17) is 4.74 Å². The molecule has 1 aromatic rings. The lowest BCUT2D eigenvalue weighted by Crippen LogP contribution is -2.57. The van der Waals surface area contributed by atoms with Crippen molar-refractivity contribution in [3.8, 4) is 0 Å². The largest absolute Gasteiger partial charge is 0.383 e. The van der Waals surface area contributed by atoms with Gasteiger partial charge in [-0.25, -0.2) is 0 Å². The summed E-state index contributed by atoms with van der Waals surface area (Å²) in [5.41, 5.74) is 1.16. The number of rotatable bonds is 6. The van der Waals surface area contributed by atoms with Crippen molar-refractivity contribution in [2.45, 2.75) is 37.5 Å². The highest BCUT2D eigenvalue weighted by atomic mass is 32.1. The van der Waals surface area contributed by atoms with E-state index in [1.807, 2.05) is 11.3 Å². The van der Waals surface area contributed by atoms with Crippen LogP contribution in [-0.2, 0) is 10.2 Å². The molecule has 2 nitrogen and oxygen atoms in total. The molecule has 0 unspecified atom stereocenters. The summed E-state index contributed by atoms with van der Waals surface area (Å²) in [6.07, 6.45) is 7.20. The fourth-order valence-electron chi connectivity index (χ4n) is 3.88. The Hall–Kier alpha value is -0.380. The standard InChI is InChI=1S/C15H23NOS/c1-17-8-7-16-12-15(13-4-2-9-18-13)10-14(11-15)5-3-6-14/h2,4,9,16H,3,5-8,10-12H2,1H3. The van der Waals surface area contributed by atoms with Crippen LogP contribution in [0.2, 0.25) is 0 Å². The Morgan fingerprint density at radius 1 is 1.39 bits per heavy atom. The molecule has 2 fully saturated rings. The highest BCUT2D eigenvalue weighted by Crippen LogP contribution is 2.65. The van der Waals surface area contributed by atoms with Gasteiger partial charge in [-0.2, -0.15) is 0 Å². The summed E-state index contributed by atoms with van der Waals surface area (Å²) in [5, 5.41) is 5.81. The van der Waals surface area contributed by atoms with Gasteiger partial charge in [0.15, 0.2) is 0 Å². The molecule has 0 saturated heterocycles. The predicted octanol–water partition coefficient (Wildman–Crippen LogP) is 3.19. The molecule has 0 amide bonds. The molecule has 1 heterocycles. The minimum atomic E-state index is 0.433. The first kappa shape index (κ1) is 12.6. The molecule has 3 heteroatoms. The number of hydrogen-bond acceptors (Lipinski definition) is 3. The van der Waals surface area contributed by atoms with Crippen LogP contribution >= 0.6 is 11.3 Å². The number of methoxy groups -OCH3 is 1. The summed E-state index contributed by atoms with van der Waals surface area (Å²) in [6.45, 7) is 2.90. The molecular weight excluding hydrogens is 242 g/mol. The zero-order chi connectivity index (χ0) is 12.5. The van der Waals surface area contributed by atoms with Gasteiger partial charge in [0, 0.05) is 30.5 Å². The maximum absolute atomic E-state index is 5.11. The monoisotopic (exact) mass is 265 g/mol. The van der Waals surface area contributed by atoms with Crippen molar-refractivity contribution in [3.63, 3.8) is 0 Å². The third-order valence-corrected chi connectivity index (χ3v) is 5.95. The normalized spacial score (nSPS) is 23.6. The molecule has 0 atom stereocenters. The van der Waals surface area contributed by atoms with E-state index >= 15 is 0 Å². The summed E-state index contributed by atoms with van der Waals surface area (Å²) in [4.78, 5) is 1.59. The molecule has 2 aliphatic carbocycles. The van der Waals surface area contributed by atoms with Crippen molar-refractivity contribution >= 4 is 11.3 Å². The van der Waals surface area contributed by atoms with Crippen LogP contribution in [0.4, 0.5) is 0 Å². The molecule has 18 heavy (non-hydrogen) atoms. The fourth-order valence-corrected chi connectivity index (χ4v) is 4.81. The molecule has 0 radical (unpaired) electrons. The Morgan fingerprint density at radius 2 is 2.22 bits per heavy atom. The summed E-state index contributed by atoms with van der Waals surface area (Å²) < 4.78 is 5.11. The van der Waals surface area contributed by atoms with Gasteiger partial charge in [-0.1, -0.05) is 12.5 Å². The van der Waals surface area contributed by atoms with Crippen LogP contribution in [0.3, 0.4) is 0 Å². The van der Waals surface area contributed by atoms with Crippen molar-refractivity contribution in [1.29, 1.82) is 0 Å². The van der Waals surface area contributed by atoms with Gasteiger partial charge in [-0.15, -0.1) is 11.3 Å². The maximum Gasteiger partial charge on any atom is 0.0587 e. The molecule has 1 aromatic heterocycles. The van der Waals surface area contributed by atoms with Gasteiger partial charge in [-0.05, 0) is 42.5 Å². The third-order valence-electron chi connectivity index (χ3n) is 4.83. The molecule has 0 aliphatic heterocycles. The SMILES string of the molecule is COCCNCC1(c2cccs2)CC2(CCC2)C1. The van der Waals surface area contributed by atoms with Crippen LogP contribution in [-0.4, -0.2) is 26.8 Å². The van der Waals surface area contributed by atoms with E-state index in [1.165, 1.54) is 32.1 Å². The van der Waals surface area contributed by atoms with Crippen LogP contribution in [0, 0.1) is 5.41 Å². The van der Waals surface area contributed by atoms with E-state index < -0.39 is 0 Å². The topological polar surface area (TPSA) is 21.3 Å². The van der Waals surface area contributed by atoms with Crippen LogP contribution < -0.4 is 5.32 Å². The van der Waals surface area contributed by atoms with Gasteiger partial charge >= 0.3 is 0 Å². The number of nitrogens with one attached hydrogen (secondary N) is 1. The van der Waals surface area contributed by atoms with Crippen molar-refractivity contribution in [2.75, 3.05) is 26.8 Å². The molecule has 1 spiro atoms. The molecule has 0 bridgehead atoms. The highest BCUT2D eigenvalue weighted by molar-refractivity contribution is 7.10. The molecule has 3 rings (SSSR count). The summed E-state index contributed by atoms with van der Waals surface area (Å²) >= 11 is 1.93. The maximum atomic E-state index is 5.11. The zero-order valence-corrected chi connectivity index (χ0v) is 12.0. The van der Waals surface area contributed by atoms with Crippen LogP contribution in [0.15, 0.2) is 17.5 Å². The van der Waals surface area contributed by atoms with Crippen molar-refractivity contribution in [2.24, 2.45) is 5.41 Å². The number of thiophene rings is 1. The Labute approximate surface area is 114 Å². The Kier molecular flexibility index (Phi) is 3.48. The van der Waals surface area contributed by atoms with Gasteiger partial charge in [0.2, 0.25) is 0 Å². The molecule has 0 aromatic carbocycles. The Bertz CT molecular complexity index is 375. The van der Waals surface area contributed by atoms with E-state index in [2.05, 4.69) is 22.8 Å². The van der Waals surface area contributed by atoms with Crippen molar-refractivity contribution in [3.05, 3.63) is 22.4 Å². The zero-order valence-electron chi connectivity index (χ0n) is 11.2. The van der Waals surface area contributed by atoms with Crippen LogP contribution in [0.1, 0.15) is 37.0 Å². The van der Waals surface area contributed by atoms with Crippen molar-refractivity contribution < 1.29 is 4.74 Å². The molecule has 1 N–H and O–H groups in total. The van der Waals surface area contributed by atoms with Gasteiger partial charge < -0.3 is 10.1 Å². The van der Waals surface area contributed by atoms with E-state index in [0.29, 0.717) is 5.41 Å². The fraction of sp³-hybridized carbons (Fsp3) is 0.733. The average molecular weight is 265 g/mol. The van der Waals surface area contributed by atoms with Crippen molar-refractivity contribution in [1.82, 2.24) is 5.32 Å². The van der Waals surface area contributed by atoms with Gasteiger partial charge in [0.05, 0.1) is 6.61 Å². The first-order valence-corrected chi connectivity index (χ1v) is 7.90. The van der Waals surface area contributed by atoms with E-state index in [0.717, 1.165) is 25.1 Å². The van der Waals surface area contributed by atoms with E-state index in [9.17, 15) is 0 Å². The lowest BCUT2D eigenvalue weighted by atomic mass is 9.45. The second kappa shape index (κ2) is 4.95. The summed E-state index contributed by atoms with van der Waals surface area (Å²) in [5.74, 6) is 0. The number of hydrogen-bond donors (Lipinski definition) is 1. The summed E-state index contributed by atoms with van der Waals surface area (Å²) in [7, 11) is 1.77. The predicted molar refractivity (Wildman–Crippen MR) is 76.3 cm³/mol. The average Bonchev–Trinajstić information content (AvgIpc) is 2.78. The molecule has 2 aliphatic rings. The summed E-state index contributed by atoms with van der Waals surface area (Å²) in [6, 6.07) is 4.52. The Morgan fingerprint density at radius 3 is 2.78 bits per heavy atom. The molecule has 2 saturated carbocycles. The molecular formula is C15H23NOS. The lowest BCUT2D eigenvalue weighted by molar-refractivity contribution is -0.0469. The smallest absolute Gasteiger partial charge is 0.0587 e. The second-order valence-electron chi connectivity index (χ2n) is 6.13. The Balaban J connectivity index is 1.62. The highest BCUT2D eigenvalue weighted by Gasteiger charge is 2.57. The number of ether oxygens (including phenoxy) is 1. The third kappa shape index (κ3) is 2.13. The van der Waals surface area contributed by atoms with E-state index in [1.54, 1.807) is 12.0 Å².